The van der Waals surface area contributed by atoms with Crippen LogP contribution in [0.3, 0.4) is 0 Å². The molecule has 3 heteroatoms. The minimum absolute atomic E-state index is 0.340. The van der Waals surface area contributed by atoms with Gasteiger partial charge in [0.05, 0.1) is 7.11 Å². The van der Waals surface area contributed by atoms with E-state index in [1.165, 1.54) is 7.11 Å². The molecule has 13 heavy (non-hydrogen) atoms. The minimum Gasteiger partial charge on any atom is -0.468 e. The lowest BCUT2D eigenvalue weighted by molar-refractivity contribution is -0.136. The first-order valence-electron chi connectivity index (χ1n) is 3.76. The van der Waals surface area contributed by atoms with Gasteiger partial charge in [0.1, 0.15) is 6.42 Å². The fourth-order valence-electron chi connectivity index (χ4n) is 0.852. The number of carbonyl (C=O) groups is 2. The molecule has 0 saturated heterocycles. The molecule has 0 saturated carbocycles. The Morgan fingerprint density at radius 2 is 1.85 bits per heavy atom. The molecule has 0 aliphatic heterocycles. The van der Waals surface area contributed by atoms with E-state index < -0.39 is 5.97 Å². The normalized spacial score (nSPS) is 9.31. The number of ketones is 1. The van der Waals surface area contributed by atoms with Gasteiger partial charge in [-0.3, -0.25) is 9.59 Å². The first kappa shape index (κ1) is 9.45. The SMILES string of the molecule is COC(=O)[CH]C(=O)c1ccccc1. The molecule has 0 heterocycles. The predicted molar refractivity (Wildman–Crippen MR) is 47.1 cm³/mol. The van der Waals surface area contributed by atoms with E-state index in [1.807, 2.05) is 0 Å². The molecule has 67 valence electrons. The zero-order valence-corrected chi connectivity index (χ0v) is 7.19. The first-order chi connectivity index (χ1) is 6.24. The van der Waals surface area contributed by atoms with E-state index in [0.717, 1.165) is 6.42 Å². The Morgan fingerprint density at radius 3 is 2.38 bits per heavy atom. The van der Waals surface area contributed by atoms with Crippen molar-refractivity contribution in [2.45, 2.75) is 0 Å². The van der Waals surface area contributed by atoms with E-state index in [1.54, 1.807) is 30.3 Å². The highest BCUT2D eigenvalue weighted by Crippen LogP contribution is 2.02. The average molecular weight is 177 g/mol. The number of methoxy groups -OCH3 is 1. The Bertz CT molecular complexity index is 303. The van der Waals surface area contributed by atoms with E-state index in [2.05, 4.69) is 4.74 Å². The van der Waals surface area contributed by atoms with Gasteiger partial charge in [0.2, 0.25) is 0 Å². The summed E-state index contributed by atoms with van der Waals surface area (Å²) >= 11 is 0. The van der Waals surface area contributed by atoms with Crippen molar-refractivity contribution in [2.75, 3.05) is 7.11 Å². The van der Waals surface area contributed by atoms with Crippen LogP contribution in [0.5, 0.6) is 0 Å². The topological polar surface area (TPSA) is 43.4 Å². The predicted octanol–water partition coefficient (Wildman–Crippen LogP) is 1.25. The number of hydrogen-bond donors (Lipinski definition) is 0. The van der Waals surface area contributed by atoms with Crippen LogP contribution < -0.4 is 0 Å². The van der Waals surface area contributed by atoms with Gasteiger partial charge in [0, 0.05) is 5.56 Å². The molecular formula is C10H9O3. The van der Waals surface area contributed by atoms with Crippen LogP contribution in [0.2, 0.25) is 0 Å². The highest BCUT2D eigenvalue weighted by Gasteiger charge is 2.11. The van der Waals surface area contributed by atoms with Crippen molar-refractivity contribution in [1.29, 1.82) is 0 Å². The fourth-order valence-corrected chi connectivity index (χ4v) is 0.852. The Labute approximate surface area is 76.3 Å². The first-order valence-corrected chi connectivity index (χ1v) is 3.76. The Hall–Kier alpha value is -1.64. The van der Waals surface area contributed by atoms with Crippen molar-refractivity contribution in [2.24, 2.45) is 0 Å². The summed E-state index contributed by atoms with van der Waals surface area (Å²) in [6.45, 7) is 0. The number of benzene rings is 1. The number of rotatable bonds is 3. The van der Waals surface area contributed by atoms with Crippen molar-refractivity contribution in [3.63, 3.8) is 0 Å². The van der Waals surface area contributed by atoms with E-state index in [0.29, 0.717) is 5.56 Å². The molecule has 1 radical (unpaired) electrons. The second-order valence-electron chi connectivity index (χ2n) is 2.40. The summed E-state index contributed by atoms with van der Waals surface area (Å²) in [6.07, 6.45) is 0.926. The number of ether oxygens (including phenoxy) is 1. The maximum absolute atomic E-state index is 11.3. The largest absolute Gasteiger partial charge is 0.468 e. The number of carbonyl (C=O) groups excluding carboxylic acids is 2. The summed E-state index contributed by atoms with van der Waals surface area (Å²) in [5.41, 5.74) is 0.480. The van der Waals surface area contributed by atoms with E-state index in [4.69, 9.17) is 0 Å². The van der Waals surface area contributed by atoms with Gasteiger partial charge in [0.25, 0.3) is 0 Å². The van der Waals surface area contributed by atoms with Gasteiger partial charge in [-0.2, -0.15) is 0 Å². The van der Waals surface area contributed by atoms with Crippen LogP contribution in [0.25, 0.3) is 0 Å². The van der Waals surface area contributed by atoms with Crippen LogP contribution in [0, 0.1) is 6.42 Å². The van der Waals surface area contributed by atoms with Crippen LogP contribution in [0.4, 0.5) is 0 Å². The van der Waals surface area contributed by atoms with Crippen molar-refractivity contribution in [1.82, 2.24) is 0 Å². The zero-order chi connectivity index (χ0) is 9.68. The molecule has 0 fully saturated rings. The van der Waals surface area contributed by atoms with Crippen molar-refractivity contribution in [3.8, 4) is 0 Å². The van der Waals surface area contributed by atoms with Crippen molar-refractivity contribution >= 4 is 11.8 Å². The molecule has 1 aromatic carbocycles. The van der Waals surface area contributed by atoms with Crippen LogP contribution in [-0.4, -0.2) is 18.9 Å². The van der Waals surface area contributed by atoms with Crippen LogP contribution >= 0.6 is 0 Å². The molecule has 0 bridgehead atoms. The lowest BCUT2D eigenvalue weighted by atomic mass is 10.1. The van der Waals surface area contributed by atoms with Gasteiger partial charge in [-0.25, -0.2) is 0 Å². The molecule has 0 amide bonds. The zero-order valence-electron chi connectivity index (χ0n) is 7.19. The molecule has 0 atom stereocenters. The maximum atomic E-state index is 11.3. The van der Waals surface area contributed by atoms with Crippen LogP contribution in [0.1, 0.15) is 10.4 Å². The monoisotopic (exact) mass is 177 g/mol. The smallest absolute Gasteiger partial charge is 0.317 e. The van der Waals surface area contributed by atoms with E-state index >= 15 is 0 Å². The second kappa shape index (κ2) is 4.40. The molecule has 1 aromatic rings. The molecule has 3 nitrogen and oxygen atoms in total. The van der Waals surface area contributed by atoms with Gasteiger partial charge in [-0.05, 0) is 0 Å². The van der Waals surface area contributed by atoms with Gasteiger partial charge >= 0.3 is 5.97 Å². The van der Waals surface area contributed by atoms with E-state index in [9.17, 15) is 9.59 Å². The Morgan fingerprint density at radius 1 is 1.23 bits per heavy atom. The fraction of sp³-hybridized carbons (Fsp3) is 0.100. The van der Waals surface area contributed by atoms with Crippen molar-refractivity contribution < 1.29 is 14.3 Å². The molecule has 0 spiro atoms. The van der Waals surface area contributed by atoms with Gasteiger partial charge < -0.3 is 4.74 Å². The highest BCUT2D eigenvalue weighted by molar-refractivity contribution is 6.15. The third-order valence-electron chi connectivity index (χ3n) is 1.51. The molecule has 0 aliphatic carbocycles. The Balaban J connectivity index is 2.65. The minimum atomic E-state index is -0.631. The third-order valence-corrected chi connectivity index (χ3v) is 1.51. The summed E-state index contributed by atoms with van der Waals surface area (Å²) in [5, 5.41) is 0. The quantitative estimate of drug-likeness (QED) is 0.396. The highest BCUT2D eigenvalue weighted by atomic mass is 16.5. The molecule has 1 rings (SSSR count). The average Bonchev–Trinajstić information content (AvgIpc) is 2.19. The lowest BCUT2D eigenvalue weighted by Gasteiger charge is -1.97. The van der Waals surface area contributed by atoms with Crippen LogP contribution in [-0.2, 0) is 9.53 Å². The number of Topliss-reactive ketones (excluding diaryl/α,β-unsaturated/α-hetero) is 1. The van der Waals surface area contributed by atoms with E-state index in [-0.39, 0.29) is 5.78 Å². The lowest BCUT2D eigenvalue weighted by Crippen LogP contribution is -2.10. The third kappa shape index (κ3) is 2.71. The van der Waals surface area contributed by atoms with Gasteiger partial charge in [0.15, 0.2) is 5.78 Å². The summed E-state index contributed by atoms with van der Waals surface area (Å²) < 4.78 is 4.33. The van der Waals surface area contributed by atoms with Gasteiger partial charge in [-0.15, -0.1) is 0 Å². The summed E-state index contributed by atoms with van der Waals surface area (Å²) in [6, 6.07) is 8.55. The summed E-state index contributed by atoms with van der Waals surface area (Å²) in [7, 11) is 1.23. The molecule has 0 aromatic heterocycles. The summed E-state index contributed by atoms with van der Waals surface area (Å²) in [5.74, 6) is -0.971. The molecule has 0 unspecified atom stereocenters. The van der Waals surface area contributed by atoms with Crippen LogP contribution in [0.15, 0.2) is 30.3 Å². The molecular weight excluding hydrogens is 168 g/mol. The molecule has 0 aliphatic rings. The summed E-state index contributed by atoms with van der Waals surface area (Å²) in [4.78, 5) is 22.0. The molecule has 0 N–H and O–H groups in total. The van der Waals surface area contributed by atoms with Crippen molar-refractivity contribution in [3.05, 3.63) is 42.3 Å². The van der Waals surface area contributed by atoms with Gasteiger partial charge in [-0.1, -0.05) is 30.3 Å². The number of hydrogen-bond acceptors (Lipinski definition) is 3. The second-order valence-corrected chi connectivity index (χ2v) is 2.40. The standard InChI is InChI=1S/C10H9O3/c1-13-10(12)7-9(11)8-5-3-2-4-6-8/h2-7H,1H3. The Kier molecular flexibility index (Phi) is 3.20. The maximum Gasteiger partial charge on any atom is 0.317 e. The number of esters is 1.